The Kier molecular flexibility index (Phi) is 4.13. The molecule has 2 heterocycles. The first kappa shape index (κ1) is 17.9. The lowest BCUT2D eigenvalue weighted by molar-refractivity contribution is -0.0394. The van der Waals surface area contributed by atoms with Gasteiger partial charge < -0.3 is 14.4 Å². The Hall–Kier alpha value is -3.20. The molecule has 5 rings (SSSR count). The van der Waals surface area contributed by atoms with Gasteiger partial charge in [-0.15, -0.1) is 0 Å². The van der Waals surface area contributed by atoms with Crippen molar-refractivity contribution in [3.05, 3.63) is 76.7 Å². The Bertz CT molecular complexity index is 1250. The SMILES string of the molecule is CCN(CC)c1ccc2c(c1)OC1(C=C2)OC=c2cc3ccccc3cc2=C1C. The van der Waals surface area contributed by atoms with Crippen molar-refractivity contribution < 1.29 is 9.47 Å². The third kappa shape index (κ3) is 2.80. The summed E-state index contributed by atoms with van der Waals surface area (Å²) in [7, 11) is 0. The van der Waals surface area contributed by atoms with Crippen LogP contribution < -0.4 is 20.1 Å². The number of nitrogens with zero attached hydrogens (tertiary/aromatic N) is 1. The zero-order valence-corrected chi connectivity index (χ0v) is 17.1. The molecular formula is C26H25NO2. The molecule has 146 valence electrons. The van der Waals surface area contributed by atoms with Crippen molar-refractivity contribution in [2.24, 2.45) is 0 Å². The van der Waals surface area contributed by atoms with Gasteiger partial charge in [0.1, 0.15) is 5.75 Å². The summed E-state index contributed by atoms with van der Waals surface area (Å²) in [5.74, 6) is -0.0430. The Morgan fingerprint density at radius 3 is 2.45 bits per heavy atom. The second-order valence-electron chi connectivity index (χ2n) is 7.64. The second-order valence-corrected chi connectivity index (χ2v) is 7.64. The molecule has 3 heteroatoms. The average molecular weight is 383 g/mol. The Balaban J connectivity index is 1.63. The van der Waals surface area contributed by atoms with E-state index < -0.39 is 5.79 Å². The molecule has 1 unspecified atom stereocenters. The van der Waals surface area contributed by atoms with Gasteiger partial charge >= 0.3 is 0 Å². The van der Waals surface area contributed by atoms with Gasteiger partial charge in [0.2, 0.25) is 0 Å². The van der Waals surface area contributed by atoms with E-state index in [9.17, 15) is 0 Å². The van der Waals surface area contributed by atoms with Gasteiger partial charge in [-0.3, -0.25) is 0 Å². The molecule has 0 N–H and O–H groups in total. The van der Waals surface area contributed by atoms with E-state index in [1.54, 1.807) is 0 Å². The van der Waals surface area contributed by atoms with Crippen molar-refractivity contribution in [3.63, 3.8) is 0 Å². The summed E-state index contributed by atoms with van der Waals surface area (Å²) in [5, 5.41) is 4.69. The molecule has 0 radical (unpaired) electrons. The van der Waals surface area contributed by atoms with Gasteiger partial charge in [0.05, 0.1) is 6.26 Å². The Morgan fingerprint density at radius 1 is 0.931 bits per heavy atom. The molecule has 2 aliphatic rings. The Labute approximate surface area is 171 Å². The van der Waals surface area contributed by atoms with E-state index >= 15 is 0 Å². The van der Waals surface area contributed by atoms with Gasteiger partial charge in [-0.1, -0.05) is 24.3 Å². The summed E-state index contributed by atoms with van der Waals surface area (Å²) in [5.41, 5.74) is 3.31. The zero-order chi connectivity index (χ0) is 20.0. The molecule has 0 aliphatic carbocycles. The van der Waals surface area contributed by atoms with Crippen LogP contribution in [0.3, 0.4) is 0 Å². The molecule has 0 aromatic heterocycles. The monoisotopic (exact) mass is 383 g/mol. The fourth-order valence-corrected chi connectivity index (χ4v) is 4.30. The van der Waals surface area contributed by atoms with E-state index in [0.717, 1.165) is 35.2 Å². The van der Waals surface area contributed by atoms with Crippen molar-refractivity contribution in [3.8, 4) is 5.75 Å². The largest absolute Gasteiger partial charge is 0.452 e. The summed E-state index contributed by atoms with van der Waals surface area (Å²) >= 11 is 0. The molecule has 0 amide bonds. The smallest absolute Gasteiger partial charge is 0.294 e. The van der Waals surface area contributed by atoms with E-state index in [4.69, 9.17) is 9.47 Å². The van der Waals surface area contributed by atoms with Crippen LogP contribution in [0.25, 0.3) is 28.7 Å². The maximum atomic E-state index is 6.52. The van der Waals surface area contributed by atoms with E-state index in [2.05, 4.69) is 86.3 Å². The molecule has 3 nitrogen and oxygen atoms in total. The number of ether oxygens (including phenoxy) is 2. The van der Waals surface area contributed by atoms with Crippen LogP contribution in [-0.2, 0) is 4.74 Å². The van der Waals surface area contributed by atoms with Crippen molar-refractivity contribution in [1.29, 1.82) is 0 Å². The zero-order valence-electron chi connectivity index (χ0n) is 17.1. The molecule has 0 saturated heterocycles. The molecular weight excluding hydrogens is 358 g/mol. The number of anilines is 1. The number of hydrogen-bond acceptors (Lipinski definition) is 3. The van der Waals surface area contributed by atoms with Crippen LogP contribution in [0.2, 0.25) is 0 Å². The van der Waals surface area contributed by atoms with Crippen LogP contribution in [0.5, 0.6) is 5.75 Å². The van der Waals surface area contributed by atoms with Crippen molar-refractivity contribution in [2.75, 3.05) is 18.0 Å². The topological polar surface area (TPSA) is 21.7 Å². The second kappa shape index (κ2) is 6.70. The molecule has 1 atom stereocenters. The lowest BCUT2D eigenvalue weighted by Gasteiger charge is -2.36. The quantitative estimate of drug-likeness (QED) is 0.668. The summed E-state index contributed by atoms with van der Waals surface area (Å²) in [6.07, 6.45) is 5.96. The number of hydrogen-bond donors (Lipinski definition) is 0. The summed E-state index contributed by atoms with van der Waals surface area (Å²) in [6, 6.07) is 19.2. The van der Waals surface area contributed by atoms with E-state index in [1.807, 2.05) is 12.3 Å². The fourth-order valence-electron chi connectivity index (χ4n) is 4.30. The van der Waals surface area contributed by atoms with E-state index in [-0.39, 0.29) is 0 Å². The van der Waals surface area contributed by atoms with Gasteiger partial charge in [-0.2, -0.15) is 0 Å². The van der Waals surface area contributed by atoms with Gasteiger partial charge in [0, 0.05) is 47.3 Å². The predicted molar refractivity (Wildman–Crippen MR) is 120 cm³/mol. The third-order valence-corrected chi connectivity index (χ3v) is 6.08. The lowest BCUT2D eigenvalue weighted by Crippen LogP contribution is -2.47. The summed E-state index contributed by atoms with van der Waals surface area (Å²) in [6.45, 7) is 8.37. The first-order valence-electron chi connectivity index (χ1n) is 10.3. The fraction of sp³-hybridized carbons (Fsp3) is 0.231. The first-order valence-corrected chi connectivity index (χ1v) is 10.3. The van der Waals surface area contributed by atoms with E-state index in [1.165, 1.54) is 21.7 Å². The number of fused-ring (bicyclic) bond motifs is 3. The summed E-state index contributed by atoms with van der Waals surface area (Å²) < 4.78 is 12.7. The highest BCUT2D eigenvalue weighted by Gasteiger charge is 2.38. The number of benzene rings is 3. The standard InChI is InChI=1S/C26H25NO2/c1-4-27(5-2)23-11-10-19-12-13-26(29-25(19)16-23)18(3)24-15-21-9-7-6-8-20(21)14-22(24)17-28-26/h6-17H,4-5H2,1-3H3. The highest BCUT2D eigenvalue weighted by molar-refractivity contribution is 5.84. The maximum Gasteiger partial charge on any atom is 0.294 e. The van der Waals surface area contributed by atoms with Crippen molar-refractivity contribution in [1.82, 2.24) is 0 Å². The minimum absolute atomic E-state index is 0.855. The van der Waals surface area contributed by atoms with Gasteiger partial charge in [-0.05, 0) is 67.1 Å². The van der Waals surface area contributed by atoms with Crippen LogP contribution >= 0.6 is 0 Å². The van der Waals surface area contributed by atoms with Crippen LogP contribution in [0, 0.1) is 0 Å². The Morgan fingerprint density at radius 2 is 1.69 bits per heavy atom. The lowest BCUT2D eigenvalue weighted by atomic mass is 9.96. The van der Waals surface area contributed by atoms with Gasteiger partial charge in [0.25, 0.3) is 5.79 Å². The van der Waals surface area contributed by atoms with Crippen LogP contribution in [0.1, 0.15) is 26.3 Å². The average Bonchev–Trinajstić information content (AvgIpc) is 2.76. The molecule has 0 fully saturated rings. The highest BCUT2D eigenvalue weighted by atomic mass is 16.7. The minimum atomic E-state index is -0.898. The molecule has 3 aromatic carbocycles. The first-order chi connectivity index (χ1) is 14.1. The molecule has 2 aliphatic heterocycles. The van der Waals surface area contributed by atoms with Gasteiger partial charge in [0.15, 0.2) is 0 Å². The van der Waals surface area contributed by atoms with E-state index in [0.29, 0.717) is 0 Å². The molecule has 0 saturated carbocycles. The van der Waals surface area contributed by atoms with Crippen LogP contribution in [0.15, 0.2) is 60.7 Å². The summed E-state index contributed by atoms with van der Waals surface area (Å²) in [4.78, 5) is 2.32. The predicted octanol–water partition coefficient (Wildman–Crippen LogP) is 4.43. The van der Waals surface area contributed by atoms with Crippen LogP contribution in [0.4, 0.5) is 5.69 Å². The van der Waals surface area contributed by atoms with Crippen LogP contribution in [-0.4, -0.2) is 18.9 Å². The molecule has 0 bridgehead atoms. The highest BCUT2D eigenvalue weighted by Crippen LogP contribution is 2.39. The normalized spacial score (nSPS) is 19.2. The molecule has 29 heavy (non-hydrogen) atoms. The molecule has 3 aromatic rings. The minimum Gasteiger partial charge on any atom is -0.452 e. The number of rotatable bonds is 3. The van der Waals surface area contributed by atoms with Gasteiger partial charge in [-0.25, -0.2) is 0 Å². The van der Waals surface area contributed by atoms with Crippen molar-refractivity contribution in [2.45, 2.75) is 26.6 Å². The van der Waals surface area contributed by atoms with Crippen molar-refractivity contribution >= 4 is 34.4 Å². The maximum absolute atomic E-state index is 6.52. The third-order valence-electron chi connectivity index (χ3n) is 6.08. The molecule has 1 spiro atoms.